The largest absolute Gasteiger partial charge is 0.274 e. The van der Waals surface area contributed by atoms with Crippen LogP contribution in [0.4, 0.5) is 10.1 Å². The lowest BCUT2D eigenvalue weighted by molar-refractivity contribution is -0.385. The average Bonchev–Trinajstić information content (AvgIpc) is 2.64. The van der Waals surface area contributed by atoms with Gasteiger partial charge in [0, 0.05) is 18.3 Å². The van der Waals surface area contributed by atoms with Crippen molar-refractivity contribution in [1.29, 1.82) is 0 Å². The van der Waals surface area contributed by atoms with Crippen LogP contribution in [0.15, 0.2) is 30.6 Å². The molecule has 0 fully saturated rings. The molecule has 0 aliphatic heterocycles. The zero-order valence-corrected chi connectivity index (χ0v) is 8.42. The standard InChI is InChI=1S/C10H8FN3O2/c1-7-5-12-13(6-7)9-2-8(11)3-10(4-9)14(15)16/h2-6H,1H3. The van der Waals surface area contributed by atoms with Crippen molar-refractivity contribution in [2.75, 3.05) is 0 Å². The van der Waals surface area contributed by atoms with Gasteiger partial charge in [0.25, 0.3) is 5.69 Å². The molecule has 1 aromatic carbocycles. The van der Waals surface area contributed by atoms with E-state index in [1.807, 2.05) is 6.92 Å². The Morgan fingerprint density at radius 2 is 2.19 bits per heavy atom. The highest BCUT2D eigenvalue weighted by molar-refractivity contribution is 5.43. The van der Waals surface area contributed by atoms with Gasteiger partial charge in [-0.1, -0.05) is 0 Å². The molecule has 1 heterocycles. The van der Waals surface area contributed by atoms with E-state index in [9.17, 15) is 14.5 Å². The summed E-state index contributed by atoms with van der Waals surface area (Å²) in [5, 5.41) is 14.5. The number of rotatable bonds is 2. The summed E-state index contributed by atoms with van der Waals surface area (Å²) >= 11 is 0. The van der Waals surface area contributed by atoms with Gasteiger partial charge in [-0.2, -0.15) is 5.10 Å². The number of nitro groups is 1. The molecule has 6 heteroatoms. The van der Waals surface area contributed by atoms with Crippen molar-refractivity contribution in [3.05, 3.63) is 52.1 Å². The fourth-order valence-corrected chi connectivity index (χ4v) is 1.35. The van der Waals surface area contributed by atoms with E-state index >= 15 is 0 Å². The summed E-state index contributed by atoms with van der Waals surface area (Å²) in [6.45, 7) is 1.83. The van der Waals surface area contributed by atoms with E-state index in [2.05, 4.69) is 5.10 Å². The lowest BCUT2D eigenvalue weighted by atomic mass is 10.2. The van der Waals surface area contributed by atoms with Crippen molar-refractivity contribution in [3.8, 4) is 5.69 Å². The Hall–Kier alpha value is -2.24. The minimum Gasteiger partial charge on any atom is -0.258 e. The third-order valence-electron chi connectivity index (χ3n) is 2.05. The topological polar surface area (TPSA) is 61.0 Å². The maximum absolute atomic E-state index is 13.1. The summed E-state index contributed by atoms with van der Waals surface area (Å²) in [5.41, 5.74) is 0.940. The number of nitrogens with zero attached hydrogens (tertiary/aromatic N) is 3. The fourth-order valence-electron chi connectivity index (χ4n) is 1.35. The smallest absolute Gasteiger partial charge is 0.258 e. The van der Waals surface area contributed by atoms with E-state index in [1.54, 1.807) is 12.4 Å². The van der Waals surface area contributed by atoms with E-state index in [1.165, 1.54) is 16.8 Å². The molecule has 0 atom stereocenters. The Balaban J connectivity index is 2.53. The molecule has 0 bridgehead atoms. The zero-order chi connectivity index (χ0) is 11.7. The predicted octanol–water partition coefficient (Wildman–Crippen LogP) is 2.23. The van der Waals surface area contributed by atoms with Crippen LogP contribution >= 0.6 is 0 Å². The first-order chi connectivity index (χ1) is 7.56. The number of aromatic nitrogens is 2. The van der Waals surface area contributed by atoms with Gasteiger partial charge in [0.2, 0.25) is 0 Å². The first-order valence-electron chi connectivity index (χ1n) is 4.53. The van der Waals surface area contributed by atoms with Gasteiger partial charge in [-0.25, -0.2) is 9.07 Å². The SMILES string of the molecule is Cc1cnn(-c2cc(F)cc([N+](=O)[O-])c2)c1. The Morgan fingerprint density at radius 1 is 1.44 bits per heavy atom. The molecule has 0 radical (unpaired) electrons. The summed E-state index contributed by atoms with van der Waals surface area (Å²) in [6, 6.07) is 3.34. The second-order valence-corrected chi connectivity index (χ2v) is 3.39. The van der Waals surface area contributed by atoms with Gasteiger partial charge in [-0.3, -0.25) is 10.1 Å². The van der Waals surface area contributed by atoms with Crippen molar-refractivity contribution in [1.82, 2.24) is 9.78 Å². The minimum absolute atomic E-state index is 0.289. The molecule has 5 nitrogen and oxygen atoms in total. The van der Waals surface area contributed by atoms with Crippen molar-refractivity contribution < 1.29 is 9.31 Å². The van der Waals surface area contributed by atoms with Gasteiger partial charge < -0.3 is 0 Å². The normalized spacial score (nSPS) is 10.4. The number of hydrogen-bond donors (Lipinski definition) is 0. The number of non-ortho nitro benzene ring substituents is 1. The molecule has 0 saturated carbocycles. The number of halogens is 1. The maximum atomic E-state index is 13.1. The molecule has 16 heavy (non-hydrogen) atoms. The minimum atomic E-state index is -0.655. The average molecular weight is 221 g/mol. The van der Waals surface area contributed by atoms with Crippen LogP contribution in [-0.4, -0.2) is 14.7 Å². The van der Waals surface area contributed by atoms with Crippen LogP contribution in [0, 0.1) is 22.9 Å². The molecule has 0 unspecified atom stereocenters. The third kappa shape index (κ3) is 1.90. The summed E-state index contributed by atoms with van der Waals surface area (Å²) in [6.07, 6.45) is 3.26. The van der Waals surface area contributed by atoms with Crippen LogP contribution in [0.2, 0.25) is 0 Å². The number of hydrogen-bond acceptors (Lipinski definition) is 3. The molecular weight excluding hydrogens is 213 g/mol. The highest BCUT2D eigenvalue weighted by Gasteiger charge is 2.11. The molecule has 0 amide bonds. The van der Waals surface area contributed by atoms with Crippen LogP contribution in [-0.2, 0) is 0 Å². The van der Waals surface area contributed by atoms with Gasteiger partial charge in [0.1, 0.15) is 5.82 Å². The van der Waals surface area contributed by atoms with Gasteiger partial charge in [0.05, 0.1) is 22.9 Å². The third-order valence-corrected chi connectivity index (χ3v) is 2.05. The number of benzene rings is 1. The number of aryl methyl sites for hydroxylation is 1. The lowest BCUT2D eigenvalue weighted by Crippen LogP contribution is -1.97. The summed E-state index contributed by atoms with van der Waals surface area (Å²) in [7, 11) is 0. The van der Waals surface area contributed by atoms with E-state index in [0.717, 1.165) is 11.6 Å². The summed E-state index contributed by atoms with van der Waals surface area (Å²) < 4.78 is 14.5. The van der Waals surface area contributed by atoms with Gasteiger partial charge >= 0.3 is 0 Å². The first-order valence-corrected chi connectivity index (χ1v) is 4.53. The van der Waals surface area contributed by atoms with Crippen molar-refractivity contribution >= 4 is 5.69 Å². The highest BCUT2D eigenvalue weighted by atomic mass is 19.1. The van der Waals surface area contributed by atoms with Crippen LogP contribution in [0.3, 0.4) is 0 Å². The van der Waals surface area contributed by atoms with Crippen molar-refractivity contribution in [2.45, 2.75) is 6.92 Å². The Morgan fingerprint density at radius 3 is 2.75 bits per heavy atom. The second-order valence-electron chi connectivity index (χ2n) is 3.39. The summed E-state index contributed by atoms with van der Waals surface area (Å²) in [4.78, 5) is 9.92. The molecule has 0 N–H and O–H groups in total. The van der Waals surface area contributed by atoms with E-state index in [4.69, 9.17) is 0 Å². The van der Waals surface area contributed by atoms with Crippen molar-refractivity contribution in [3.63, 3.8) is 0 Å². The maximum Gasteiger partial charge on any atom is 0.274 e. The monoisotopic (exact) mass is 221 g/mol. The Kier molecular flexibility index (Phi) is 2.40. The number of nitro benzene ring substituents is 1. The molecule has 0 saturated heterocycles. The molecular formula is C10H8FN3O2. The van der Waals surface area contributed by atoms with Gasteiger partial charge in [-0.15, -0.1) is 0 Å². The van der Waals surface area contributed by atoms with Crippen LogP contribution in [0.1, 0.15) is 5.56 Å². The highest BCUT2D eigenvalue weighted by Crippen LogP contribution is 2.19. The molecule has 1 aromatic heterocycles. The first kappa shape index (κ1) is 10.3. The second kappa shape index (κ2) is 3.73. The van der Waals surface area contributed by atoms with Crippen LogP contribution in [0.25, 0.3) is 5.69 Å². The Bertz CT molecular complexity index is 551. The molecule has 82 valence electrons. The Labute approximate surface area is 90.3 Å². The van der Waals surface area contributed by atoms with Crippen molar-refractivity contribution in [2.24, 2.45) is 0 Å². The predicted molar refractivity (Wildman–Crippen MR) is 54.9 cm³/mol. The van der Waals surface area contributed by atoms with E-state index in [0.29, 0.717) is 5.69 Å². The fraction of sp³-hybridized carbons (Fsp3) is 0.100. The molecule has 2 aromatic rings. The van der Waals surface area contributed by atoms with Crippen LogP contribution in [0.5, 0.6) is 0 Å². The summed E-state index contributed by atoms with van der Waals surface area (Å²) in [5.74, 6) is -0.655. The van der Waals surface area contributed by atoms with E-state index < -0.39 is 10.7 Å². The molecule has 0 aliphatic rings. The van der Waals surface area contributed by atoms with Gasteiger partial charge in [0.15, 0.2) is 0 Å². The van der Waals surface area contributed by atoms with E-state index in [-0.39, 0.29) is 5.69 Å². The molecule has 0 aliphatic carbocycles. The van der Waals surface area contributed by atoms with Crippen LogP contribution < -0.4 is 0 Å². The quantitative estimate of drug-likeness (QED) is 0.577. The van der Waals surface area contributed by atoms with Gasteiger partial charge in [-0.05, 0) is 12.5 Å². The lowest BCUT2D eigenvalue weighted by Gasteiger charge is -2.01. The molecule has 2 rings (SSSR count). The molecule has 0 spiro atoms. The zero-order valence-electron chi connectivity index (χ0n) is 8.42.